The summed E-state index contributed by atoms with van der Waals surface area (Å²) in [5, 5.41) is 0. The van der Waals surface area contributed by atoms with Crippen molar-refractivity contribution < 1.29 is 26.3 Å². The van der Waals surface area contributed by atoms with E-state index in [0.29, 0.717) is 0 Å². The molecule has 0 saturated carbocycles. The van der Waals surface area contributed by atoms with Gasteiger partial charge in [0.1, 0.15) is 0 Å². The topological polar surface area (TPSA) is 0 Å². The SMILES string of the molecule is [CH2]C(C)Cc1cc(C(F)(F)F)cc(C(F)(F)F)c1. The van der Waals surface area contributed by atoms with Crippen LogP contribution in [0.3, 0.4) is 0 Å². The van der Waals surface area contributed by atoms with Gasteiger partial charge in [0.2, 0.25) is 0 Å². The molecular weight excluding hydrogens is 258 g/mol. The van der Waals surface area contributed by atoms with E-state index in [4.69, 9.17) is 0 Å². The molecule has 101 valence electrons. The van der Waals surface area contributed by atoms with Crippen LogP contribution in [0.15, 0.2) is 18.2 Å². The first kappa shape index (κ1) is 14.9. The monoisotopic (exact) mass is 269 g/mol. The second-order valence-corrected chi connectivity index (χ2v) is 4.22. The zero-order chi connectivity index (χ0) is 14.1. The van der Waals surface area contributed by atoms with Crippen LogP contribution >= 0.6 is 0 Å². The van der Waals surface area contributed by atoms with Crippen LogP contribution in [0.25, 0.3) is 0 Å². The average molecular weight is 269 g/mol. The lowest BCUT2D eigenvalue weighted by Gasteiger charge is -2.15. The van der Waals surface area contributed by atoms with Crippen molar-refractivity contribution in [3.05, 3.63) is 41.8 Å². The van der Waals surface area contributed by atoms with Crippen molar-refractivity contribution >= 4 is 0 Å². The molecule has 1 radical (unpaired) electrons. The Kier molecular flexibility index (Phi) is 3.98. The molecule has 0 nitrogen and oxygen atoms in total. The van der Waals surface area contributed by atoms with Crippen LogP contribution in [-0.4, -0.2) is 0 Å². The Bertz CT molecular complexity index is 381. The first-order chi connectivity index (χ1) is 8.00. The lowest BCUT2D eigenvalue weighted by Crippen LogP contribution is -2.12. The zero-order valence-corrected chi connectivity index (χ0v) is 9.49. The van der Waals surface area contributed by atoms with Crippen molar-refractivity contribution in [2.24, 2.45) is 5.92 Å². The number of benzene rings is 1. The van der Waals surface area contributed by atoms with Crippen LogP contribution in [0.4, 0.5) is 26.3 Å². The van der Waals surface area contributed by atoms with Gasteiger partial charge in [-0.1, -0.05) is 13.8 Å². The average Bonchev–Trinajstić information content (AvgIpc) is 2.13. The molecule has 0 saturated heterocycles. The predicted octanol–water partition coefficient (Wildman–Crippen LogP) is 4.74. The number of halogens is 6. The molecule has 0 fully saturated rings. The summed E-state index contributed by atoms with van der Waals surface area (Å²) in [4.78, 5) is 0. The standard InChI is InChI=1S/C12H11F6/c1-7(2)3-8-4-9(11(13,14)15)6-10(5-8)12(16,17)18/h4-7H,1,3H2,2H3. The minimum absolute atomic E-state index is 0.0142. The normalized spacial score (nSPS) is 13.2. The van der Waals surface area contributed by atoms with Crippen LogP contribution in [0, 0.1) is 12.8 Å². The largest absolute Gasteiger partial charge is 0.416 e. The summed E-state index contributed by atoms with van der Waals surface area (Å²) in [5.74, 6) is -0.269. The molecule has 0 spiro atoms. The minimum atomic E-state index is -4.79. The van der Waals surface area contributed by atoms with Gasteiger partial charge in [-0.15, -0.1) is 0 Å². The third-order valence-corrected chi connectivity index (χ3v) is 2.23. The van der Waals surface area contributed by atoms with Crippen molar-refractivity contribution in [3.8, 4) is 0 Å². The number of rotatable bonds is 2. The molecule has 6 heteroatoms. The highest BCUT2D eigenvalue weighted by atomic mass is 19.4. The second-order valence-electron chi connectivity index (χ2n) is 4.22. The Morgan fingerprint density at radius 1 is 0.944 bits per heavy atom. The maximum absolute atomic E-state index is 12.5. The Morgan fingerprint density at radius 2 is 1.33 bits per heavy atom. The van der Waals surface area contributed by atoms with Gasteiger partial charge in [-0.25, -0.2) is 0 Å². The fourth-order valence-corrected chi connectivity index (χ4v) is 1.54. The fourth-order valence-electron chi connectivity index (χ4n) is 1.54. The van der Waals surface area contributed by atoms with Crippen LogP contribution < -0.4 is 0 Å². The Hall–Kier alpha value is -1.20. The minimum Gasteiger partial charge on any atom is -0.166 e. The summed E-state index contributed by atoms with van der Waals surface area (Å²) in [7, 11) is 0. The summed E-state index contributed by atoms with van der Waals surface area (Å²) in [6.45, 7) is 5.17. The van der Waals surface area contributed by atoms with E-state index in [2.05, 4.69) is 6.92 Å². The molecule has 0 amide bonds. The fraction of sp³-hybridized carbons (Fsp3) is 0.417. The van der Waals surface area contributed by atoms with Crippen LogP contribution in [-0.2, 0) is 18.8 Å². The Balaban J connectivity index is 3.29. The highest BCUT2D eigenvalue weighted by Gasteiger charge is 2.36. The molecule has 0 aliphatic heterocycles. The molecule has 1 atom stereocenters. The van der Waals surface area contributed by atoms with Gasteiger partial charge in [0, 0.05) is 0 Å². The molecule has 1 rings (SSSR count). The maximum atomic E-state index is 12.5. The lowest BCUT2D eigenvalue weighted by molar-refractivity contribution is -0.143. The van der Waals surface area contributed by atoms with E-state index in [1.807, 2.05) is 0 Å². The van der Waals surface area contributed by atoms with E-state index in [0.717, 1.165) is 12.1 Å². The molecule has 1 aromatic rings. The maximum Gasteiger partial charge on any atom is 0.416 e. The van der Waals surface area contributed by atoms with E-state index >= 15 is 0 Å². The van der Waals surface area contributed by atoms with Crippen molar-refractivity contribution in [1.82, 2.24) is 0 Å². The van der Waals surface area contributed by atoms with E-state index in [1.165, 1.54) is 0 Å². The van der Waals surface area contributed by atoms with Crippen molar-refractivity contribution in [2.45, 2.75) is 25.7 Å². The number of hydrogen-bond donors (Lipinski definition) is 0. The van der Waals surface area contributed by atoms with Gasteiger partial charge in [-0.2, -0.15) is 26.3 Å². The Labute approximate surface area is 101 Å². The summed E-state index contributed by atoms with van der Waals surface area (Å²) in [6, 6.07) is 1.59. The van der Waals surface area contributed by atoms with E-state index < -0.39 is 23.5 Å². The zero-order valence-electron chi connectivity index (χ0n) is 9.49. The molecule has 1 unspecified atom stereocenters. The summed E-state index contributed by atoms with van der Waals surface area (Å²) in [5.41, 5.74) is -2.58. The van der Waals surface area contributed by atoms with Crippen molar-refractivity contribution in [3.63, 3.8) is 0 Å². The van der Waals surface area contributed by atoms with E-state index in [-0.39, 0.29) is 24.0 Å². The molecule has 1 aromatic carbocycles. The Morgan fingerprint density at radius 3 is 1.61 bits per heavy atom. The summed E-state index contributed by atoms with van der Waals surface area (Å²) >= 11 is 0. The second kappa shape index (κ2) is 4.82. The molecule has 0 heterocycles. The highest BCUT2D eigenvalue weighted by Crippen LogP contribution is 2.36. The molecule has 0 aliphatic carbocycles. The van der Waals surface area contributed by atoms with Gasteiger partial charge in [0.25, 0.3) is 0 Å². The van der Waals surface area contributed by atoms with Crippen LogP contribution in [0.1, 0.15) is 23.6 Å². The molecule has 0 N–H and O–H groups in total. The molecule has 0 bridgehead atoms. The number of hydrogen-bond acceptors (Lipinski definition) is 0. The smallest absolute Gasteiger partial charge is 0.166 e. The lowest BCUT2D eigenvalue weighted by atomic mass is 9.98. The van der Waals surface area contributed by atoms with Crippen molar-refractivity contribution in [2.75, 3.05) is 0 Å². The van der Waals surface area contributed by atoms with Crippen molar-refractivity contribution in [1.29, 1.82) is 0 Å². The van der Waals surface area contributed by atoms with Gasteiger partial charge >= 0.3 is 12.4 Å². The third-order valence-electron chi connectivity index (χ3n) is 2.23. The highest BCUT2D eigenvalue weighted by molar-refractivity contribution is 5.33. The summed E-state index contributed by atoms with van der Waals surface area (Å²) in [6.07, 6.45) is -9.52. The third kappa shape index (κ3) is 3.92. The quantitative estimate of drug-likeness (QED) is 0.680. The van der Waals surface area contributed by atoms with E-state index in [9.17, 15) is 26.3 Å². The summed E-state index contributed by atoms with van der Waals surface area (Å²) < 4.78 is 74.9. The molecule has 0 aliphatic rings. The van der Waals surface area contributed by atoms with Gasteiger partial charge in [-0.3, -0.25) is 0 Å². The molecular formula is C12H11F6. The predicted molar refractivity (Wildman–Crippen MR) is 54.7 cm³/mol. The number of alkyl halides is 6. The first-order valence-electron chi connectivity index (χ1n) is 5.11. The van der Waals surface area contributed by atoms with E-state index in [1.54, 1.807) is 6.92 Å². The van der Waals surface area contributed by atoms with Gasteiger partial charge in [0.15, 0.2) is 0 Å². The van der Waals surface area contributed by atoms with Gasteiger partial charge < -0.3 is 0 Å². The van der Waals surface area contributed by atoms with Gasteiger partial charge in [0.05, 0.1) is 11.1 Å². The molecule has 0 aromatic heterocycles. The van der Waals surface area contributed by atoms with Crippen LogP contribution in [0.2, 0.25) is 0 Å². The molecule has 18 heavy (non-hydrogen) atoms. The van der Waals surface area contributed by atoms with Crippen LogP contribution in [0.5, 0.6) is 0 Å². The first-order valence-corrected chi connectivity index (χ1v) is 5.11. The van der Waals surface area contributed by atoms with Gasteiger partial charge in [-0.05, 0) is 36.1 Å².